The van der Waals surface area contributed by atoms with Gasteiger partial charge in [-0.3, -0.25) is 9.29 Å². The number of aliphatic hydroxyl groups is 1. The lowest BCUT2D eigenvalue weighted by molar-refractivity contribution is -0.0859. The highest BCUT2D eigenvalue weighted by molar-refractivity contribution is 6.33. The first-order valence-corrected chi connectivity index (χ1v) is 12.6. The van der Waals surface area contributed by atoms with E-state index in [2.05, 4.69) is 5.32 Å². The van der Waals surface area contributed by atoms with Gasteiger partial charge in [-0.15, -0.1) is 0 Å². The minimum Gasteiger partial charge on any atom is -0.491 e. The largest absolute Gasteiger partial charge is 0.491 e. The fourth-order valence-corrected chi connectivity index (χ4v) is 5.50. The Balaban J connectivity index is 1.71. The van der Waals surface area contributed by atoms with Crippen molar-refractivity contribution in [3.63, 3.8) is 0 Å². The number of hydrogen-bond donors (Lipinski definition) is 2. The van der Waals surface area contributed by atoms with E-state index < -0.39 is 37.6 Å². The van der Waals surface area contributed by atoms with Gasteiger partial charge in [0.2, 0.25) is 0 Å². The lowest BCUT2D eigenvalue weighted by atomic mass is 9.84. The van der Waals surface area contributed by atoms with E-state index in [0.29, 0.717) is 32.4 Å². The molecule has 2 aromatic carbocycles. The second-order valence-electron chi connectivity index (χ2n) is 9.39. The maximum atomic E-state index is 15.5. The molecule has 2 atom stereocenters. The number of fused-ring (bicyclic) bond motifs is 2. The predicted molar refractivity (Wildman–Crippen MR) is 133 cm³/mol. The summed E-state index contributed by atoms with van der Waals surface area (Å²) < 4.78 is 62.5. The first kappa shape index (κ1) is 26.9. The van der Waals surface area contributed by atoms with Crippen LogP contribution in [0.3, 0.4) is 0 Å². The van der Waals surface area contributed by atoms with Gasteiger partial charge in [0.15, 0.2) is 0 Å². The Morgan fingerprint density at radius 1 is 1.19 bits per heavy atom. The predicted octanol–water partition coefficient (Wildman–Crippen LogP) is 5.58. The molecule has 0 fully saturated rings. The number of nitrogens with one attached hydrogen (secondary N) is 1. The van der Waals surface area contributed by atoms with Crippen LogP contribution in [-0.4, -0.2) is 61.5 Å². The maximum Gasteiger partial charge on any atom is 0.283 e. The molecule has 1 heterocycles. The summed E-state index contributed by atoms with van der Waals surface area (Å²) in [4.78, 5) is 1.55. The van der Waals surface area contributed by atoms with Crippen LogP contribution < -0.4 is 10.1 Å². The van der Waals surface area contributed by atoms with Crippen LogP contribution >= 0.6 is 11.6 Å². The molecule has 0 amide bonds. The molecule has 2 N–H and O–H groups in total. The summed E-state index contributed by atoms with van der Waals surface area (Å²) in [7, 11) is 0. The van der Waals surface area contributed by atoms with Crippen LogP contribution in [0.25, 0.3) is 5.57 Å². The number of ether oxygens (including phenoxy) is 1. The number of aliphatic hydroxyl groups excluding tert-OH is 1. The summed E-state index contributed by atoms with van der Waals surface area (Å²) in [6.45, 7) is 0.570. The smallest absolute Gasteiger partial charge is 0.283 e. The fourth-order valence-electron chi connectivity index (χ4n) is 5.19. The third-order valence-corrected chi connectivity index (χ3v) is 7.26. The standard InChI is InChI=1S/C27H31ClF4N2O2/c1-17-13-20-19-6-3-2-5-18(19)14-21(20)26(34(17)15-27(31,32)16-35)24-22(30)7-8-23(25(24)28)36-12-11-33-10-4-9-29/h2-3,5-8,17,26,33,35H,4,9-16H2,1H3/t17-,26+/m1/s1. The minimum absolute atomic E-state index is 0.0398. The lowest BCUT2D eigenvalue weighted by Crippen LogP contribution is -2.48. The highest BCUT2D eigenvalue weighted by Gasteiger charge is 2.45. The minimum atomic E-state index is -3.36. The second-order valence-corrected chi connectivity index (χ2v) is 9.77. The summed E-state index contributed by atoms with van der Waals surface area (Å²) in [5.41, 5.74) is 4.10. The molecule has 0 aromatic heterocycles. The molecule has 1 aliphatic carbocycles. The molecule has 4 rings (SSSR count). The molecule has 0 spiro atoms. The molecule has 0 radical (unpaired) electrons. The zero-order chi connectivity index (χ0) is 25.9. The van der Waals surface area contributed by atoms with Crippen LogP contribution in [0.4, 0.5) is 17.6 Å². The maximum absolute atomic E-state index is 15.5. The number of nitrogens with zero attached hydrogens (tertiary/aromatic N) is 1. The number of halogens is 5. The van der Waals surface area contributed by atoms with Gasteiger partial charge in [0.1, 0.15) is 24.8 Å². The van der Waals surface area contributed by atoms with Crippen molar-refractivity contribution in [3.8, 4) is 5.75 Å². The molecule has 0 saturated heterocycles. The fraction of sp³-hybridized carbons (Fsp3) is 0.481. The highest BCUT2D eigenvalue weighted by atomic mass is 35.5. The van der Waals surface area contributed by atoms with Gasteiger partial charge in [0.05, 0.1) is 24.3 Å². The normalized spacial score (nSPS) is 20.0. The third-order valence-electron chi connectivity index (χ3n) is 6.87. The van der Waals surface area contributed by atoms with Gasteiger partial charge in [-0.2, -0.15) is 0 Å². The van der Waals surface area contributed by atoms with E-state index in [1.54, 1.807) is 4.90 Å². The van der Waals surface area contributed by atoms with Crippen molar-refractivity contribution in [1.29, 1.82) is 0 Å². The monoisotopic (exact) mass is 526 g/mol. The Morgan fingerprint density at radius 2 is 1.97 bits per heavy atom. The summed E-state index contributed by atoms with van der Waals surface area (Å²) >= 11 is 6.71. The van der Waals surface area contributed by atoms with E-state index >= 15 is 4.39 Å². The first-order valence-electron chi connectivity index (χ1n) is 12.2. The van der Waals surface area contributed by atoms with Gasteiger partial charge < -0.3 is 15.2 Å². The molecule has 196 valence electrons. The van der Waals surface area contributed by atoms with Gasteiger partial charge in [-0.25, -0.2) is 13.2 Å². The molecule has 2 aromatic rings. The quantitative estimate of drug-likeness (QED) is 0.296. The van der Waals surface area contributed by atoms with E-state index in [1.807, 2.05) is 31.2 Å². The first-order chi connectivity index (χ1) is 17.3. The molecule has 36 heavy (non-hydrogen) atoms. The summed E-state index contributed by atoms with van der Waals surface area (Å²) in [6, 6.07) is 9.35. The molecule has 0 bridgehead atoms. The van der Waals surface area contributed by atoms with Crippen LogP contribution in [0.2, 0.25) is 5.02 Å². The van der Waals surface area contributed by atoms with Crippen molar-refractivity contribution in [2.45, 2.75) is 44.2 Å². The van der Waals surface area contributed by atoms with Crippen molar-refractivity contribution in [1.82, 2.24) is 10.2 Å². The molecule has 1 aliphatic heterocycles. The molecular weight excluding hydrogens is 496 g/mol. The lowest BCUT2D eigenvalue weighted by Gasteiger charge is -2.43. The van der Waals surface area contributed by atoms with Gasteiger partial charge >= 0.3 is 0 Å². The summed E-state index contributed by atoms with van der Waals surface area (Å²) in [6.07, 6.45) is 1.43. The molecular formula is C27H31ClF4N2O2. The summed E-state index contributed by atoms with van der Waals surface area (Å²) in [5.74, 6) is -3.71. The molecule has 2 aliphatic rings. The molecule has 0 unspecified atom stereocenters. The Hall–Kier alpha value is -2.13. The van der Waals surface area contributed by atoms with Crippen LogP contribution in [0.1, 0.15) is 42.5 Å². The van der Waals surface area contributed by atoms with Crippen molar-refractivity contribution >= 4 is 17.2 Å². The van der Waals surface area contributed by atoms with E-state index in [0.717, 1.165) is 22.3 Å². The van der Waals surface area contributed by atoms with E-state index in [4.69, 9.17) is 16.3 Å². The Morgan fingerprint density at radius 3 is 2.72 bits per heavy atom. The van der Waals surface area contributed by atoms with Crippen molar-refractivity contribution in [2.24, 2.45) is 0 Å². The van der Waals surface area contributed by atoms with E-state index in [-0.39, 0.29) is 29.0 Å². The SMILES string of the molecule is C[C@@H]1CC2=C(Cc3ccccc32)[C@@H](c2c(F)ccc(OCCNCCCF)c2Cl)N1CC(F)(F)CO. The second kappa shape index (κ2) is 11.5. The Bertz CT molecular complexity index is 1110. The topological polar surface area (TPSA) is 44.7 Å². The Labute approximate surface area is 213 Å². The zero-order valence-corrected chi connectivity index (χ0v) is 20.9. The zero-order valence-electron chi connectivity index (χ0n) is 20.2. The van der Waals surface area contributed by atoms with Crippen LogP contribution in [0.15, 0.2) is 42.0 Å². The van der Waals surface area contributed by atoms with Crippen LogP contribution in [0.5, 0.6) is 5.75 Å². The van der Waals surface area contributed by atoms with Gasteiger partial charge in [-0.05, 0) is 67.1 Å². The van der Waals surface area contributed by atoms with Gasteiger partial charge in [-0.1, -0.05) is 35.9 Å². The number of alkyl halides is 3. The molecule has 9 heteroatoms. The highest BCUT2D eigenvalue weighted by Crippen LogP contribution is 2.51. The average Bonchev–Trinajstić information content (AvgIpc) is 3.22. The van der Waals surface area contributed by atoms with E-state index in [1.165, 1.54) is 12.1 Å². The van der Waals surface area contributed by atoms with E-state index in [9.17, 15) is 18.3 Å². The Kier molecular flexibility index (Phi) is 8.60. The van der Waals surface area contributed by atoms with Gasteiger partial charge in [0, 0.05) is 18.2 Å². The number of rotatable bonds is 11. The number of benzene rings is 2. The third kappa shape index (κ3) is 5.57. The van der Waals surface area contributed by atoms with Crippen molar-refractivity contribution in [3.05, 3.63) is 69.5 Å². The summed E-state index contributed by atoms with van der Waals surface area (Å²) in [5, 5.41) is 12.4. The van der Waals surface area contributed by atoms with Crippen LogP contribution in [-0.2, 0) is 6.42 Å². The van der Waals surface area contributed by atoms with Gasteiger partial charge in [0.25, 0.3) is 5.92 Å². The number of hydrogen-bond acceptors (Lipinski definition) is 4. The average molecular weight is 527 g/mol. The molecule has 0 saturated carbocycles. The van der Waals surface area contributed by atoms with Crippen molar-refractivity contribution in [2.75, 3.05) is 39.5 Å². The molecule has 4 nitrogen and oxygen atoms in total. The van der Waals surface area contributed by atoms with Crippen molar-refractivity contribution < 1.29 is 27.4 Å². The van der Waals surface area contributed by atoms with Crippen LogP contribution in [0, 0.1) is 5.82 Å².